The molecular formula is C9H18S. The van der Waals surface area contributed by atoms with Gasteiger partial charge in [-0.25, -0.2) is 0 Å². The van der Waals surface area contributed by atoms with E-state index in [9.17, 15) is 0 Å². The highest BCUT2D eigenvalue weighted by Gasteiger charge is 2.21. The minimum absolute atomic E-state index is 0.932. The van der Waals surface area contributed by atoms with E-state index >= 15 is 0 Å². The number of thiol groups is 1. The van der Waals surface area contributed by atoms with Gasteiger partial charge in [0.15, 0.2) is 0 Å². The third kappa shape index (κ3) is 1.91. The fraction of sp³-hybridized carbons (Fsp3) is 1.00. The van der Waals surface area contributed by atoms with Crippen LogP contribution in [0.1, 0.15) is 39.0 Å². The molecule has 0 aliphatic heterocycles. The molecule has 0 N–H and O–H groups in total. The Balaban J connectivity index is 2.34. The van der Waals surface area contributed by atoms with Crippen LogP contribution in [0.25, 0.3) is 0 Å². The quantitative estimate of drug-likeness (QED) is 0.586. The number of hydrogen-bond donors (Lipinski definition) is 1. The van der Waals surface area contributed by atoms with E-state index in [-0.39, 0.29) is 0 Å². The van der Waals surface area contributed by atoms with E-state index in [1.807, 2.05) is 0 Å². The van der Waals surface area contributed by atoms with Gasteiger partial charge in [-0.05, 0) is 24.0 Å². The van der Waals surface area contributed by atoms with Crippen LogP contribution in [0.4, 0.5) is 0 Å². The molecule has 0 nitrogen and oxygen atoms in total. The van der Waals surface area contributed by atoms with Crippen LogP contribution in [-0.4, -0.2) is 5.75 Å². The summed E-state index contributed by atoms with van der Waals surface area (Å²) in [5, 5.41) is 0. The molecule has 1 rings (SSSR count). The van der Waals surface area contributed by atoms with Gasteiger partial charge in [0, 0.05) is 0 Å². The zero-order valence-corrected chi connectivity index (χ0v) is 7.74. The predicted molar refractivity (Wildman–Crippen MR) is 49.6 cm³/mol. The molecular weight excluding hydrogens is 140 g/mol. The molecule has 1 aliphatic carbocycles. The lowest BCUT2D eigenvalue weighted by Gasteiger charge is -2.29. The Morgan fingerprint density at radius 2 is 1.80 bits per heavy atom. The second kappa shape index (κ2) is 4.27. The van der Waals surface area contributed by atoms with Crippen LogP contribution in [-0.2, 0) is 0 Å². The summed E-state index contributed by atoms with van der Waals surface area (Å²) in [6.07, 6.45) is 7.17. The molecule has 0 saturated heterocycles. The molecule has 0 aromatic carbocycles. The maximum absolute atomic E-state index is 4.38. The SMILES string of the molecule is CC[C@@H]1CCCCC1CS. The summed E-state index contributed by atoms with van der Waals surface area (Å²) in [4.78, 5) is 0. The Morgan fingerprint density at radius 3 is 2.20 bits per heavy atom. The third-order valence-electron chi connectivity index (χ3n) is 2.83. The minimum atomic E-state index is 0.932. The summed E-state index contributed by atoms with van der Waals surface area (Å²) in [5.41, 5.74) is 0. The van der Waals surface area contributed by atoms with Gasteiger partial charge >= 0.3 is 0 Å². The van der Waals surface area contributed by atoms with Gasteiger partial charge in [-0.3, -0.25) is 0 Å². The van der Waals surface area contributed by atoms with E-state index in [2.05, 4.69) is 19.6 Å². The van der Waals surface area contributed by atoms with Gasteiger partial charge in [0.25, 0.3) is 0 Å². The molecule has 1 saturated carbocycles. The van der Waals surface area contributed by atoms with Gasteiger partial charge in [0.05, 0.1) is 0 Å². The fourth-order valence-corrected chi connectivity index (χ4v) is 2.54. The normalized spacial score (nSPS) is 34.2. The topological polar surface area (TPSA) is 0 Å². The molecule has 0 spiro atoms. The third-order valence-corrected chi connectivity index (χ3v) is 3.29. The second-order valence-corrected chi connectivity index (χ2v) is 3.76. The first kappa shape index (κ1) is 8.45. The molecule has 1 unspecified atom stereocenters. The molecule has 1 fully saturated rings. The van der Waals surface area contributed by atoms with E-state index in [1.165, 1.54) is 32.1 Å². The standard InChI is InChI=1S/C9H18S/c1-2-8-5-3-4-6-9(8)7-10/h8-10H,2-7H2,1H3/t8-,9?/m1/s1. The van der Waals surface area contributed by atoms with Crippen LogP contribution in [0.15, 0.2) is 0 Å². The molecule has 0 amide bonds. The molecule has 0 aromatic rings. The Bertz CT molecular complexity index is 78.7. The number of hydrogen-bond acceptors (Lipinski definition) is 1. The van der Waals surface area contributed by atoms with Crippen molar-refractivity contribution in [1.82, 2.24) is 0 Å². The molecule has 60 valence electrons. The van der Waals surface area contributed by atoms with Gasteiger partial charge < -0.3 is 0 Å². The zero-order valence-electron chi connectivity index (χ0n) is 6.84. The van der Waals surface area contributed by atoms with Crippen LogP contribution in [0, 0.1) is 11.8 Å². The zero-order chi connectivity index (χ0) is 7.40. The monoisotopic (exact) mass is 158 g/mol. The van der Waals surface area contributed by atoms with Crippen molar-refractivity contribution in [2.24, 2.45) is 11.8 Å². The Morgan fingerprint density at radius 1 is 1.20 bits per heavy atom. The fourth-order valence-electron chi connectivity index (χ4n) is 2.06. The molecule has 0 heterocycles. The average molecular weight is 158 g/mol. The van der Waals surface area contributed by atoms with E-state index in [1.54, 1.807) is 0 Å². The van der Waals surface area contributed by atoms with Crippen LogP contribution in [0.3, 0.4) is 0 Å². The van der Waals surface area contributed by atoms with E-state index in [0.717, 1.165) is 17.6 Å². The smallest absolute Gasteiger partial charge is 0.00669 e. The summed E-state index contributed by atoms with van der Waals surface area (Å²) < 4.78 is 0. The van der Waals surface area contributed by atoms with Crippen molar-refractivity contribution >= 4 is 12.6 Å². The molecule has 2 atom stereocenters. The Labute approximate surface area is 69.8 Å². The van der Waals surface area contributed by atoms with Crippen molar-refractivity contribution in [3.63, 3.8) is 0 Å². The van der Waals surface area contributed by atoms with Crippen LogP contribution in [0.5, 0.6) is 0 Å². The van der Waals surface area contributed by atoms with E-state index in [0.29, 0.717) is 0 Å². The highest BCUT2D eigenvalue weighted by Crippen LogP contribution is 2.32. The summed E-state index contributed by atoms with van der Waals surface area (Å²) in [6, 6.07) is 0. The van der Waals surface area contributed by atoms with Gasteiger partial charge in [0.2, 0.25) is 0 Å². The molecule has 0 bridgehead atoms. The van der Waals surface area contributed by atoms with Crippen molar-refractivity contribution in [3.05, 3.63) is 0 Å². The van der Waals surface area contributed by atoms with Crippen molar-refractivity contribution in [2.75, 3.05) is 5.75 Å². The second-order valence-electron chi connectivity index (χ2n) is 3.40. The molecule has 0 aromatic heterocycles. The van der Waals surface area contributed by atoms with Gasteiger partial charge in [-0.15, -0.1) is 0 Å². The molecule has 10 heavy (non-hydrogen) atoms. The largest absolute Gasteiger partial charge is 0.179 e. The minimum Gasteiger partial charge on any atom is -0.179 e. The maximum Gasteiger partial charge on any atom is -0.00669 e. The van der Waals surface area contributed by atoms with Gasteiger partial charge in [-0.2, -0.15) is 12.6 Å². The van der Waals surface area contributed by atoms with Crippen molar-refractivity contribution in [2.45, 2.75) is 39.0 Å². The Hall–Kier alpha value is 0.350. The highest BCUT2D eigenvalue weighted by atomic mass is 32.1. The van der Waals surface area contributed by atoms with E-state index in [4.69, 9.17) is 0 Å². The first-order chi connectivity index (χ1) is 4.88. The number of rotatable bonds is 2. The summed E-state index contributed by atoms with van der Waals surface area (Å²) >= 11 is 4.38. The van der Waals surface area contributed by atoms with Gasteiger partial charge in [0.1, 0.15) is 0 Å². The Kier molecular flexibility index (Phi) is 3.61. The lowest BCUT2D eigenvalue weighted by molar-refractivity contribution is 0.254. The average Bonchev–Trinajstić information content (AvgIpc) is 2.04. The van der Waals surface area contributed by atoms with Crippen LogP contribution >= 0.6 is 12.6 Å². The lowest BCUT2D eigenvalue weighted by Crippen LogP contribution is -2.19. The molecule has 0 radical (unpaired) electrons. The maximum atomic E-state index is 4.38. The van der Waals surface area contributed by atoms with Crippen LogP contribution in [0.2, 0.25) is 0 Å². The van der Waals surface area contributed by atoms with Gasteiger partial charge in [-0.1, -0.05) is 32.6 Å². The van der Waals surface area contributed by atoms with Crippen molar-refractivity contribution in [3.8, 4) is 0 Å². The first-order valence-corrected chi connectivity index (χ1v) is 5.12. The van der Waals surface area contributed by atoms with Crippen molar-refractivity contribution < 1.29 is 0 Å². The highest BCUT2D eigenvalue weighted by molar-refractivity contribution is 7.80. The summed E-state index contributed by atoms with van der Waals surface area (Å²) in [5.74, 6) is 3.03. The first-order valence-electron chi connectivity index (χ1n) is 4.49. The molecule has 1 aliphatic rings. The summed E-state index contributed by atoms with van der Waals surface area (Å²) in [7, 11) is 0. The van der Waals surface area contributed by atoms with Crippen LogP contribution < -0.4 is 0 Å². The summed E-state index contributed by atoms with van der Waals surface area (Å²) in [6.45, 7) is 2.31. The van der Waals surface area contributed by atoms with Crippen molar-refractivity contribution in [1.29, 1.82) is 0 Å². The lowest BCUT2D eigenvalue weighted by atomic mass is 9.79. The predicted octanol–water partition coefficient (Wildman–Crippen LogP) is 3.13. The molecule has 1 heteroatoms. The van der Waals surface area contributed by atoms with E-state index < -0.39 is 0 Å².